The Hall–Kier alpha value is -3.17. The Labute approximate surface area is 144 Å². The number of para-hydroxylation sites is 1. The molecular weight excluding hydrogens is 318 g/mol. The van der Waals surface area contributed by atoms with Crippen molar-refractivity contribution in [2.75, 3.05) is 6.61 Å². The minimum Gasteiger partial charge on any atom is -0.491 e. The van der Waals surface area contributed by atoms with Crippen molar-refractivity contribution >= 4 is 10.9 Å². The van der Waals surface area contributed by atoms with E-state index in [1.54, 1.807) is 30.3 Å². The molecule has 0 spiro atoms. The van der Waals surface area contributed by atoms with E-state index >= 15 is 0 Å². The second-order valence-electron chi connectivity index (χ2n) is 5.66. The molecule has 1 heterocycles. The third-order valence-electron chi connectivity index (χ3n) is 3.79. The van der Waals surface area contributed by atoms with Crippen LogP contribution in [0.5, 0.6) is 5.75 Å². The minimum absolute atomic E-state index is 0.0524. The van der Waals surface area contributed by atoms with Crippen LogP contribution in [0.1, 0.15) is 5.56 Å². The van der Waals surface area contributed by atoms with E-state index in [1.165, 1.54) is 10.9 Å². The van der Waals surface area contributed by atoms with Gasteiger partial charge in [0.15, 0.2) is 0 Å². The van der Waals surface area contributed by atoms with Crippen LogP contribution in [0, 0.1) is 11.3 Å². The fourth-order valence-electron chi connectivity index (χ4n) is 2.50. The lowest BCUT2D eigenvalue weighted by atomic mass is 10.2. The van der Waals surface area contributed by atoms with Crippen molar-refractivity contribution in [3.63, 3.8) is 0 Å². The summed E-state index contributed by atoms with van der Waals surface area (Å²) in [6.07, 6.45) is 0.935. The average Bonchev–Trinajstić information content (AvgIpc) is 2.64. The van der Waals surface area contributed by atoms with Crippen molar-refractivity contribution in [2.45, 2.75) is 19.1 Å². The number of hydrogen-bond acceptors (Lipinski definition) is 5. The second-order valence-corrected chi connectivity index (χ2v) is 5.66. The Morgan fingerprint density at radius 2 is 1.96 bits per heavy atom. The highest BCUT2D eigenvalue weighted by atomic mass is 16.5. The van der Waals surface area contributed by atoms with Crippen LogP contribution in [-0.2, 0) is 13.0 Å². The number of nitriles is 1. The zero-order chi connectivity index (χ0) is 17.6. The number of aromatic nitrogens is 2. The summed E-state index contributed by atoms with van der Waals surface area (Å²) in [5.41, 5.74) is 1.35. The van der Waals surface area contributed by atoms with Gasteiger partial charge in [-0.3, -0.25) is 9.36 Å². The summed E-state index contributed by atoms with van der Waals surface area (Å²) in [7, 11) is 0. The zero-order valence-electron chi connectivity index (χ0n) is 13.5. The summed E-state index contributed by atoms with van der Waals surface area (Å²) < 4.78 is 6.91. The molecule has 0 aliphatic carbocycles. The standard InChI is InChI=1S/C19H17N3O3/c20-10-9-14-5-7-16(8-6-14)25-12-15(23)11-22-13-21-18-4-2-1-3-17(18)19(22)24/h1-8,13,15,23H,9,11-12H2. The quantitative estimate of drug-likeness (QED) is 0.743. The molecule has 3 aromatic rings. The number of nitrogens with zero attached hydrogens (tertiary/aromatic N) is 3. The summed E-state index contributed by atoms with van der Waals surface area (Å²) in [4.78, 5) is 16.6. The monoisotopic (exact) mass is 335 g/mol. The molecule has 126 valence electrons. The molecule has 0 saturated carbocycles. The van der Waals surface area contributed by atoms with Crippen LogP contribution < -0.4 is 10.3 Å². The number of fused-ring (bicyclic) bond motifs is 1. The lowest BCUT2D eigenvalue weighted by Crippen LogP contribution is -2.30. The van der Waals surface area contributed by atoms with Crippen LogP contribution in [0.3, 0.4) is 0 Å². The number of benzene rings is 2. The van der Waals surface area contributed by atoms with Crippen LogP contribution in [-0.4, -0.2) is 27.4 Å². The average molecular weight is 335 g/mol. The highest BCUT2D eigenvalue weighted by molar-refractivity contribution is 5.76. The summed E-state index contributed by atoms with van der Waals surface area (Å²) in [5.74, 6) is 0.602. The Balaban J connectivity index is 1.63. The van der Waals surface area contributed by atoms with Crippen molar-refractivity contribution in [1.82, 2.24) is 9.55 Å². The van der Waals surface area contributed by atoms with E-state index in [4.69, 9.17) is 10.00 Å². The number of rotatable bonds is 6. The van der Waals surface area contributed by atoms with Gasteiger partial charge in [0.1, 0.15) is 18.5 Å². The van der Waals surface area contributed by atoms with Gasteiger partial charge in [-0.2, -0.15) is 5.26 Å². The highest BCUT2D eigenvalue weighted by Gasteiger charge is 2.10. The Kier molecular flexibility index (Phi) is 5.07. The molecule has 1 atom stereocenters. The third-order valence-corrected chi connectivity index (χ3v) is 3.79. The normalized spacial score (nSPS) is 11.8. The molecule has 0 radical (unpaired) electrons. The van der Waals surface area contributed by atoms with E-state index in [0.717, 1.165) is 5.56 Å². The molecule has 0 fully saturated rings. The maximum atomic E-state index is 12.4. The van der Waals surface area contributed by atoms with Gasteiger partial charge in [-0.05, 0) is 29.8 Å². The van der Waals surface area contributed by atoms with Crippen LogP contribution in [0.15, 0.2) is 59.7 Å². The van der Waals surface area contributed by atoms with Gasteiger partial charge in [0.2, 0.25) is 0 Å². The molecular formula is C19H17N3O3. The molecule has 1 aromatic heterocycles. The van der Waals surface area contributed by atoms with E-state index in [-0.39, 0.29) is 18.7 Å². The number of aliphatic hydroxyl groups is 1. The third kappa shape index (κ3) is 4.03. The Morgan fingerprint density at radius 1 is 1.20 bits per heavy atom. The van der Waals surface area contributed by atoms with Crippen molar-refractivity contribution in [3.05, 3.63) is 70.8 Å². The van der Waals surface area contributed by atoms with E-state index in [1.807, 2.05) is 18.2 Å². The van der Waals surface area contributed by atoms with Crippen molar-refractivity contribution in [2.24, 2.45) is 0 Å². The van der Waals surface area contributed by atoms with E-state index in [0.29, 0.717) is 23.1 Å². The first-order chi connectivity index (χ1) is 12.2. The highest BCUT2D eigenvalue weighted by Crippen LogP contribution is 2.13. The van der Waals surface area contributed by atoms with Gasteiger partial charge in [-0.25, -0.2) is 4.98 Å². The summed E-state index contributed by atoms with van der Waals surface area (Å²) in [6, 6.07) is 16.3. The maximum Gasteiger partial charge on any atom is 0.261 e. The molecule has 25 heavy (non-hydrogen) atoms. The predicted octanol–water partition coefficient (Wildman–Crippen LogP) is 1.90. The van der Waals surface area contributed by atoms with Gasteiger partial charge in [0.05, 0.1) is 36.3 Å². The molecule has 2 aromatic carbocycles. The first-order valence-corrected chi connectivity index (χ1v) is 7.88. The van der Waals surface area contributed by atoms with Gasteiger partial charge in [-0.1, -0.05) is 24.3 Å². The summed E-state index contributed by atoms with van der Waals surface area (Å²) in [6.45, 7) is 0.153. The molecule has 0 amide bonds. The molecule has 1 unspecified atom stereocenters. The van der Waals surface area contributed by atoms with Crippen molar-refractivity contribution in [3.8, 4) is 11.8 Å². The SMILES string of the molecule is N#CCc1ccc(OCC(O)Cn2cnc3ccccc3c2=O)cc1. The first-order valence-electron chi connectivity index (χ1n) is 7.88. The van der Waals surface area contributed by atoms with Crippen LogP contribution in [0.2, 0.25) is 0 Å². The van der Waals surface area contributed by atoms with Gasteiger partial charge in [-0.15, -0.1) is 0 Å². The maximum absolute atomic E-state index is 12.4. The van der Waals surface area contributed by atoms with E-state index in [2.05, 4.69) is 11.1 Å². The zero-order valence-corrected chi connectivity index (χ0v) is 13.5. The molecule has 0 aliphatic rings. The van der Waals surface area contributed by atoms with Crippen molar-refractivity contribution < 1.29 is 9.84 Å². The van der Waals surface area contributed by atoms with Gasteiger partial charge in [0.25, 0.3) is 5.56 Å². The molecule has 6 heteroatoms. The molecule has 0 aliphatic heterocycles. The molecule has 0 bridgehead atoms. The lowest BCUT2D eigenvalue weighted by molar-refractivity contribution is 0.0915. The van der Waals surface area contributed by atoms with Crippen LogP contribution in [0.25, 0.3) is 10.9 Å². The summed E-state index contributed by atoms with van der Waals surface area (Å²) in [5, 5.41) is 19.3. The minimum atomic E-state index is -0.848. The van der Waals surface area contributed by atoms with Gasteiger partial charge in [0, 0.05) is 0 Å². The van der Waals surface area contributed by atoms with E-state index < -0.39 is 6.10 Å². The van der Waals surface area contributed by atoms with Crippen LogP contribution >= 0.6 is 0 Å². The Bertz CT molecular complexity index is 958. The molecule has 0 saturated heterocycles. The van der Waals surface area contributed by atoms with E-state index in [9.17, 15) is 9.90 Å². The molecule has 3 rings (SSSR count). The fraction of sp³-hybridized carbons (Fsp3) is 0.211. The Morgan fingerprint density at radius 3 is 2.72 bits per heavy atom. The second kappa shape index (κ2) is 7.60. The van der Waals surface area contributed by atoms with Crippen LogP contribution in [0.4, 0.5) is 0 Å². The molecule has 1 N–H and O–H groups in total. The topological polar surface area (TPSA) is 88.1 Å². The largest absolute Gasteiger partial charge is 0.491 e. The first kappa shape index (κ1) is 16.7. The van der Waals surface area contributed by atoms with Gasteiger partial charge >= 0.3 is 0 Å². The van der Waals surface area contributed by atoms with Crippen molar-refractivity contribution in [1.29, 1.82) is 5.26 Å². The predicted molar refractivity (Wildman–Crippen MR) is 93.3 cm³/mol. The fourth-order valence-corrected chi connectivity index (χ4v) is 2.50. The number of hydrogen-bond donors (Lipinski definition) is 1. The number of ether oxygens (including phenoxy) is 1. The lowest BCUT2D eigenvalue weighted by Gasteiger charge is -2.14. The summed E-state index contributed by atoms with van der Waals surface area (Å²) >= 11 is 0. The molecule has 6 nitrogen and oxygen atoms in total. The number of aliphatic hydroxyl groups excluding tert-OH is 1. The van der Waals surface area contributed by atoms with Gasteiger partial charge < -0.3 is 9.84 Å². The smallest absolute Gasteiger partial charge is 0.261 e.